The van der Waals surface area contributed by atoms with Crippen LogP contribution in [0.15, 0.2) is 30.9 Å². The highest BCUT2D eigenvalue weighted by Gasteiger charge is 2.27. The van der Waals surface area contributed by atoms with Crippen LogP contribution in [0.5, 0.6) is 0 Å². The fourth-order valence-electron chi connectivity index (χ4n) is 4.25. The number of benzene rings is 1. The van der Waals surface area contributed by atoms with Crippen LogP contribution in [0.4, 0.5) is 10.1 Å². The number of nitrogens with one attached hydrogen (secondary N) is 2. The van der Waals surface area contributed by atoms with Crippen LogP contribution in [0, 0.1) is 5.82 Å². The van der Waals surface area contributed by atoms with Crippen molar-refractivity contribution in [1.29, 1.82) is 0 Å². The van der Waals surface area contributed by atoms with E-state index in [1.54, 1.807) is 6.08 Å². The number of aliphatic hydroxyl groups is 1. The lowest BCUT2D eigenvalue weighted by Gasteiger charge is -2.29. The van der Waals surface area contributed by atoms with Crippen molar-refractivity contribution in [2.75, 3.05) is 25.5 Å². The first-order valence-electron chi connectivity index (χ1n) is 11.6. The van der Waals surface area contributed by atoms with Gasteiger partial charge in [0.2, 0.25) is 11.8 Å². The van der Waals surface area contributed by atoms with E-state index in [9.17, 15) is 19.1 Å². The first-order valence-corrected chi connectivity index (χ1v) is 11.6. The molecular weight excluding hydrogens is 409 g/mol. The van der Waals surface area contributed by atoms with Crippen LogP contribution in [-0.4, -0.2) is 53.6 Å². The van der Waals surface area contributed by atoms with Crippen LogP contribution in [0.3, 0.4) is 0 Å². The SMILES string of the molecule is C=CCC(C)(O)CCC.CN1CCC(c2ccc(NC3CCC(=O)NC3=O)cc2F)CC1. The number of hydrogen-bond acceptors (Lipinski definition) is 5. The highest BCUT2D eigenvalue weighted by molar-refractivity contribution is 6.01. The molecule has 1 aromatic rings. The molecule has 2 aliphatic rings. The van der Waals surface area contributed by atoms with Crippen molar-refractivity contribution in [2.24, 2.45) is 0 Å². The minimum Gasteiger partial charge on any atom is -0.390 e. The predicted molar refractivity (Wildman–Crippen MR) is 126 cm³/mol. The second kappa shape index (κ2) is 12.1. The second-order valence-electron chi connectivity index (χ2n) is 9.20. The van der Waals surface area contributed by atoms with Crippen molar-refractivity contribution >= 4 is 17.5 Å². The topological polar surface area (TPSA) is 81.7 Å². The molecule has 2 heterocycles. The summed E-state index contributed by atoms with van der Waals surface area (Å²) < 4.78 is 14.4. The fraction of sp³-hybridized carbons (Fsp3) is 0.600. The van der Waals surface area contributed by atoms with Crippen LogP contribution in [-0.2, 0) is 9.59 Å². The molecule has 0 spiro atoms. The molecule has 3 N–H and O–H groups in total. The minimum atomic E-state index is -0.517. The summed E-state index contributed by atoms with van der Waals surface area (Å²) in [7, 11) is 2.08. The van der Waals surface area contributed by atoms with Gasteiger partial charge in [-0.05, 0) is 82.8 Å². The number of hydrogen-bond donors (Lipinski definition) is 3. The van der Waals surface area contributed by atoms with Gasteiger partial charge in [-0.1, -0.05) is 25.5 Å². The van der Waals surface area contributed by atoms with E-state index in [4.69, 9.17) is 0 Å². The molecule has 0 radical (unpaired) electrons. The van der Waals surface area contributed by atoms with E-state index < -0.39 is 11.6 Å². The Kier molecular flexibility index (Phi) is 9.84. The summed E-state index contributed by atoms with van der Waals surface area (Å²) in [5.74, 6) is -0.564. The molecule has 2 aliphatic heterocycles. The monoisotopic (exact) mass is 447 g/mol. The summed E-state index contributed by atoms with van der Waals surface area (Å²) >= 11 is 0. The van der Waals surface area contributed by atoms with Gasteiger partial charge in [-0.3, -0.25) is 14.9 Å². The van der Waals surface area contributed by atoms with E-state index in [1.165, 1.54) is 6.07 Å². The lowest BCUT2D eigenvalue weighted by Crippen LogP contribution is -2.47. The van der Waals surface area contributed by atoms with Gasteiger partial charge in [0.25, 0.3) is 0 Å². The molecule has 2 fully saturated rings. The highest BCUT2D eigenvalue weighted by Crippen LogP contribution is 2.31. The minimum absolute atomic E-state index is 0.225. The molecule has 2 atom stereocenters. The average Bonchev–Trinajstić information content (AvgIpc) is 2.71. The number of halogens is 1. The largest absolute Gasteiger partial charge is 0.390 e. The molecule has 0 saturated carbocycles. The van der Waals surface area contributed by atoms with Crippen molar-refractivity contribution < 1.29 is 19.1 Å². The van der Waals surface area contributed by atoms with Crippen molar-refractivity contribution in [3.05, 3.63) is 42.2 Å². The molecular formula is C25H38FN3O3. The summed E-state index contributed by atoms with van der Waals surface area (Å²) in [5.41, 5.74) is 0.817. The number of likely N-dealkylation sites (tertiary alicyclic amines) is 1. The second-order valence-corrected chi connectivity index (χ2v) is 9.20. The Balaban J connectivity index is 0.000000344. The Labute approximate surface area is 191 Å². The van der Waals surface area contributed by atoms with Gasteiger partial charge >= 0.3 is 0 Å². The number of nitrogens with zero attached hydrogens (tertiary/aromatic N) is 1. The number of rotatable bonds is 7. The Morgan fingerprint density at radius 3 is 2.56 bits per heavy atom. The Hall–Kier alpha value is -2.25. The Morgan fingerprint density at radius 1 is 1.31 bits per heavy atom. The molecule has 0 aromatic heterocycles. The van der Waals surface area contributed by atoms with Crippen molar-refractivity contribution in [3.8, 4) is 0 Å². The maximum Gasteiger partial charge on any atom is 0.249 e. The lowest BCUT2D eigenvalue weighted by molar-refractivity contribution is -0.133. The molecule has 6 nitrogen and oxygen atoms in total. The zero-order valence-electron chi connectivity index (χ0n) is 19.6. The normalized spacial score (nSPS) is 21.7. The molecule has 3 rings (SSSR count). The molecule has 1 aromatic carbocycles. The zero-order valence-corrected chi connectivity index (χ0v) is 19.6. The standard InChI is InChI=1S/C17H22FN3O2.C8H16O/c1-21-8-6-11(7-9-21)13-3-2-12(10-14(13)18)19-15-4-5-16(22)20-17(15)23;1-4-6-8(3,9)7-5-2/h2-3,10-11,15,19H,4-9H2,1H3,(H,20,22,23);4,9H,1,5-7H2,2-3H3. The van der Waals surface area contributed by atoms with Gasteiger partial charge < -0.3 is 15.3 Å². The van der Waals surface area contributed by atoms with Gasteiger partial charge in [0, 0.05) is 12.1 Å². The number of carbonyl (C=O) groups is 2. The van der Waals surface area contributed by atoms with Gasteiger partial charge in [0.1, 0.15) is 11.9 Å². The smallest absolute Gasteiger partial charge is 0.249 e. The average molecular weight is 448 g/mol. The summed E-state index contributed by atoms with van der Waals surface area (Å²) in [6.45, 7) is 9.45. The van der Waals surface area contributed by atoms with Crippen LogP contribution in [0.1, 0.15) is 70.3 Å². The van der Waals surface area contributed by atoms with E-state index in [0.29, 0.717) is 24.9 Å². The molecule has 2 amide bonds. The van der Waals surface area contributed by atoms with Gasteiger partial charge in [-0.2, -0.15) is 0 Å². The van der Waals surface area contributed by atoms with Gasteiger partial charge in [-0.15, -0.1) is 6.58 Å². The molecule has 7 heteroatoms. The van der Waals surface area contributed by atoms with Gasteiger partial charge in [-0.25, -0.2) is 4.39 Å². The highest BCUT2D eigenvalue weighted by atomic mass is 19.1. The summed E-state index contributed by atoms with van der Waals surface area (Å²) in [6.07, 6.45) is 7.01. The van der Waals surface area contributed by atoms with Gasteiger partial charge in [0.15, 0.2) is 0 Å². The van der Waals surface area contributed by atoms with E-state index in [2.05, 4.69) is 36.1 Å². The van der Waals surface area contributed by atoms with Crippen molar-refractivity contribution in [2.45, 2.75) is 76.4 Å². The third-order valence-electron chi connectivity index (χ3n) is 6.11. The number of anilines is 1. The van der Waals surface area contributed by atoms with E-state index in [-0.39, 0.29) is 23.5 Å². The first kappa shape index (κ1) is 26.0. The zero-order chi connectivity index (χ0) is 23.7. The molecule has 32 heavy (non-hydrogen) atoms. The lowest BCUT2D eigenvalue weighted by atomic mass is 9.89. The third-order valence-corrected chi connectivity index (χ3v) is 6.11. The van der Waals surface area contributed by atoms with Crippen LogP contribution in [0.2, 0.25) is 0 Å². The molecule has 2 unspecified atom stereocenters. The fourth-order valence-corrected chi connectivity index (χ4v) is 4.25. The van der Waals surface area contributed by atoms with E-state index in [0.717, 1.165) is 44.3 Å². The Bertz CT molecular complexity index is 789. The number of amides is 2. The van der Waals surface area contributed by atoms with Crippen LogP contribution in [0.25, 0.3) is 0 Å². The van der Waals surface area contributed by atoms with Gasteiger partial charge in [0.05, 0.1) is 5.60 Å². The van der Waals surface area contributed by atoms with Crippen molar-refractivity contribution in [1.82, 2.24) is 10.2 Å². The molecule has 178 valence electrons. The predicted octanol–water partition coefficient (Wildman–Crippen LogP) is 3.97. The number of imide groups is 1. The summed E-state index contributed by atoms with van der Waals surface area (Å²) in [5, 5.41) is 14.8. The quantitative estimate of drug-likeness (QED) is 0.435. The molecule has 2 saturated heterocycles. The van der Waals surface area contributed by atoms with E-state index in [1.807, 2.05) is 19.1 Å². The summed E-state index contributed by atoms with van der Waals surface area (Å²) in [6, 6.07) is 4.61. The molecule has 0 bridgehead atoms. The summed E-state index contributed by atoms with van der Waals surface area (Å²) in [4.78, 5) is 25.1. The van der Waals surface area contributed by atoms with Crippen molar-refractivity contribution in [3.63, 3.8) is 0 Å². The first-order chi connectivity index (χ1) is 15.1. The number of piperidine rings is 2. The van der Waals surface area contributed by atoms with E-state index >= 15 is 0 Å². The Morgan fingerprint density at radius 2 is 2.00 bits per heavy atom. The maximum absolute atomic E-state index is 14.4. The molecule has 0 aliphatic carbocycles. The number of carbonyl (C=O) groups excluding carboxylic acids is 2. The van der Waals surface area contributed by atoms with Crippen LogP contribution < -0.4 is 10.6 Å². The van der Waals surface area contributed by atoms with Crippen LogP contribution >= 0.6 is 0 Å². The third kappa shape index (κ3) is 8.02. The maximum atomic E-state index is 14.4.